The molecular weight excluding hydrogens is 408 g/mol. The van der Waals surface area contributed by atoms with E-state index >= 15 is 0 Å². The average Bonchev–Trinajstić information content (AvgIpc) is 3.06. The Balaban J connectivity index is 1.77. The van der Waals surface area contributed by atoms with Crippen molar-refractivity contribution in [2.24, 2.45) is 0 Å². The number of carbonyl (C=O) groups is 1. The van der Waals surface area contributed by atoms with Crippen molar-refractivity contribution in [3.63, 3.8) is 0 Å². The normalized spacial score (nSPS) is 11.4. The van der Waals surface area contributed by atoms with Gasteiger partial charge in [-0.1, -0.05) is 48.5 Å². The van der Waals surface area contributed by atoms with E-state index in [0.29, 0.717) is 17.7 Å². The van der Waals surface area contributed by atoms with Crippen molar-refractivity contribution in [2.45, 2.75) is 13.5 Å². The minimum Gasteiger partial charge on any atom is -0.340 e. The highest BCUT2D eigenvalue weighted by Crippen LogP contribution is 2.29. The number of para-hydroxylation sites is 2. The topological polar surface area (TPSA) is 57.8 Å². The summed E-state index contributed by atoms with van der Waals surface area (Å²) in [5, 5.41) is 12.9. The lowest BCUT2D eigenvalue weighted by Gasteiger charge is -2.09. The molecular formula is C26H19F2N3O. The van der Waals surface area contributed by atoms with Crippen LogP contribution in [0.5, 0.6) is 0 Å². The third kappa shape index (κ3) is 4.01. The van der Waals surface area contributed by atoms with Gasteiger partial charge in [-0.2, -0.15) is 5.26 Å². The van der Waals surface area contributed by atoms with Gasteiger partial charge in [-0.25, -0.2) is 8.78 Å². The standard InChI is InChI=1S/C26H19F2N3O/c1-17-21(14-19(15-29)26(32)30-24-12-6-5-11-23(24)28)20-9-3-7-13-25(20)31(17)16-18-8-2-4-10-22(18)27/h2-14H,16H2,1H3,(H,30,32)/b19-14-. The maximum Gasteiger partial charge on any atom is 0.266 e. The third-order valence-corrected chi connectivity index (χ3v) is 5.34. The minimum absolute atomic E-state index is 0.00245. The molecule has 0 aliphatic heterocycles. The van der Waals surface area contributed by atoms with Gasteiger partial charge in [0.05, 0.1) is 12.2 Å². The summed E-state index contributed by atoms with van der Waals surface area (Å²) in [6, 6.07) is 21.8. The molecule has 0 unspecified atom stereocenters. The van der Waals surface area contributed by atoms with Crippen LogP contribution in [0, 0.1) is 29.9 Å². The van der Waals surface area contributed by atoms with E-state index in [1.54, 1.807) is 24.3 Å². The van der Waals surface area contributed by atoms with E-state index in [0.717, 1.165) is 16.6 Å². The van der Waals surface area contributed by atoms with E-state index < -0.39 is 11.7 Å². The van der Waals surface area contributed by atoms with E-state index in [-0.39, 0.29) is 17.1 Å². The molecule has 0 aliphatic rings. The van der Waals surface area contributed by atoms with Crippen molar-refractivity contribution >= 4 is 28.6 Å². The zero-order chi connectivity index (χ0) is 22.7. The minimum atomic E-state index is -0.706. The second-order valence-electron chi connectivity index (χ2n) is 7.30. The summed E-state index contributed by atoms with van der Waals surface area (Å²) in [6.45, 7) is 2.16. The summed E-state index contributed by atoms with van der Waals surface area (Å²) >= 11 is 0. The number of carbonyl (C=O) groups excluding carboxylic acids is 1. The number of hydrogen-bond donors (Lipinski definition) is 1. The molecule has 4 rings (SSSR count). The Labute approximate surface area is 184 Å². The van der Waals surface area contributed by atoms with Gasteiger partial charge < -0.3 is 9.88 Å². The molecule has 4 aromatic rings. The molecule has 0 aliphatic carbocycles. The highest BCUT2D eigenvalue weighted by Gasteiger charge is 2.17. The van der Waals surface area contributed by atoms with Gasteiger partial charge in [0, 0.05) is 27.7 Å². The zero-order valence-corrected chi connectivity index (χ0v) is 17.3. The van der Waals surface area contributed by atoms with Crippen molar-refractivity contribution < 1.29 is 13.6 Å². The number of halogens is 2. The van der Waals surface area contributed by atoms with Crippen LogP contribution < -0.4 is 5.32 Å². The predicted molar refractivity (Wildman–Crippen MR) is 121 cm³/mol. The molecule has 0 spiro atoms. The highest BCUT2D eigenvalue weighted by atomic mass is 19.1. The second kappa shape index (κ2) is 8.86. The van der Waals surface area contributed by atoms with Crippen molar-refractivity contribution in [1.82, 2.24) is 4.57 Å². The molecule has 1 aromatic heterocycles. The number of rotatable bonds is 5. The Bertz CT molecular complexity index is 1400. The number of anilines is 1. The van der Waals surface area contributed by atoms with Crippen LogP contribution in [0.15, 0.2) is 78.4 Å². The number of aromatic nitrogens is 1. The van der Waals surface area contributed by atoms with Crippen LogP contribution >= 0.6 is 0 Å². The Morgan fingerprint density at radius 1 is 1.00 bits per heavy atom. The summed E-state index contributed by atoms with van der Waals surface area (Å²) in [4.78, 5) is 12.7. The Hall–Kier alpha value is -4.24. The molecule has 1 N–H and O–H groups in total. The summed E-state index contributed by atoms with van der Waals surface area (Å²) in [5.41, 5.74) is 2.68. The van der Waals surface area contributed by atoms with Crippen molar-refractivity contribution in [3.05, 3.63) is 107 Å². The van der Waals surface area contributed by atoms with Gasteiger partial charge in [0.1, 0.15) is 23.3 Å². The van der Waals surface area contributed by atoms with Crippen LogP contribution in [0.4, 0.5) is 14.5 Å². The van der Waals surface area contributed by atoms with E-state index in [9.17, 15) is 18.8 Å². The van der Waals surface area contributed by atoms with Gasteiger partial charge in [-0.3, -0.25) is 4.79 Å². The molecule has 3 aromatic carbocycles. The molecule has 0 bridgehead atoms. The summed E-state index contributed by atoms with van der Waals surface area (Å²) in [7, 11) is 0. The van der Waals surface area contributed by atoms with Gasteiger partial charge >= 0.3 is 0 Å². The molecule has 6 heteroatoms. The number of benzene rings is 3. The number of amides is 1. The van der Waals surface area contributed by atoms with Gasteiger partial charge in [0.15, 0.2) is 0 Å². The lowest BCUT2D eigenvalue weighted by atomic mass is 10.1. The lowest BCUT2D eigenvalue weighted by Crippen LogP contribution is -2.14. The van der Waals surface area contributed by atoms with Gasteiger partial charge in [-0.15, -0.1) is 0 Å². The molecule has 1 heterocycles. The van der Waals surface area contributed by atoms with Crippen molar-refractivity contribution in [2.75, 3.05) is 5.32 Å². The van der Waals surface area contributed by atoms with Crippen LogP contribution in [0.25, 0.3) is 17.0 Å². The first-order valence-electron chi connectivity index (χ1n) is 9.98. The predicted octanol–water partition coefficient (Wildman–Crippen LogP) is 5.82. The first kappa shape index (κ1) is 21.0. The van der Waals surface area contributed by atoms with Crippen LogP contribution in [-0.4, -0.2) is 10.5 Å². The van der Waals surface area contributed by atoms with Gasteiger partial charge in [-0.05, 0) is 37.3 Å². The smallest absolute Gasteiger partial charge is 0.266 e. The first-order valence-corrected chi connectivity index (χ1v) is 9.98. The Kier molecular flexibility index (Phi) is 5.82. The average molecular weight is 427 g/mol. The highest BCUT2D eigenvalue weighted by molar-refractivity contribution is 6.11. The number of nitriles is 1. The fourth-order valence-corrected chi connectivity index (χ4v) is 3.69. The van der Waals surface area contributed by atoms with Crippen LogP contribution in [0.2, 0.25) is 0 Å². The number of hydrogen-bond acceptors (Lipinski definition) is 2. The van der Waals surface area contributed by atoms with E-state index in [2.05, 4.69) is 5.32 Å². The molecule has 0 fully saturated rings. The SMILES string of the molecule is Cc1c(/C=C(/C#N)C(=O)Nc2ccccc2F)c2ccccc2n1Cc1ccccc1F. The maximum atomic E-state index is 14.3. The summed E-state index contributed by atoms with van der Waals surface area (Å²) in [6.07, 6.45) is 1.49. The number of fused-ring (bicyclic) bond motifs is 1. The third-order valence-electron chi connectivity index (χ3n) is 5.34. The molecule has 158 valence electrons. The van der Waals surface area contributed by atoms with Gasteiger partial charge in [0.25, 0.3) is 5.91 Å². The number of nitrogens with zero attached hydrogens (tertiary/aromatic N) is 2. The first-order chi connectivity index (χ1) is 15.5. The fraction of sp³-hybridized carbons (Fsp3) is 0.0769. The van der Waals surface area contributed by atoms with Gasteiger partial charge in [0.2, 0.25) is 0 Å². The largest absolute Gasteiger partial charge is 0.340 e. The van der Waals surface area contributed by atoms with Crippen molar-refractivity contribution in [3.8, 4) is 6.07 Å². The quantitative estimate of drug-likeness (QED) is 0.322. The van der Waals surface area contributed by atoms with Crippen LogP contribution in [-0.2, 0) is 11.3 Å². The van der Waals surface area contributed by atoms with E-state index in [1.165, 1.54) is 30.3 Å². The number of nitrogens with one attached hydrogen (secondary N) is 1. The molecule has 0 saturated heterocycles. The van der Waals surface area contributed by atoms with E-state index in [4.69, 9.17) is 0 Å². The van der Waals surface area contributed by atoms with E-state index in [1.807, 2.05) is 41.8 Å². The van der Waals surface area contributed by atoms with Crippen molar-refractivity contribution in [1.29, 1.82) is 5.26 Å². The van der Waals surface area contributed by atoms with Crippen LogP contribution in [0.1, 0.15) is 16.8 Å². The monoisotopic (exact) mass is 427 g/mol. The molecule has 0 radical (unpaired) electrons. The second-order valence-corrected chi connectivity index (χ2v) is 7.30. The Morgan fingerprint density at radius 3 is 2.38 bits per heavy atom. The fourth-order valence-electron chi connectivity index (χ4n) is 3.69. The molecule has 32 heavy (non-hydrogen) atoms. The Morgan fingerprint density at radius 2 is 1.66 bits per heavy atom. The van der Waals surface area contributed by atoms with Crippen LogP contribution in [0.3, 0.4) is 0 Å². The zero-order valence-electron chi connectivity index (χ0n) is 17.3. The molecule has 0 atom stereocenters. The summed E-state index contributed by atoms with van der Waals surface area (Å²) < 4.78 is 30.1. The lowest BCUT2D eigenvalue weighted by molar-refractivity contribution is -0.112. The molecule has 1 amide bonds. The summed E-state index contributed by atoms with van der Waals surface area (Å²) in [5.74, 6) is -1.59. The molecule has 4 nitrogen and oxygen atoms in total. The molecule has 0 saturated carbocycles. The maximum absolute atomic E-state index is 14.3.